The maximum absolute atomic E-state index is 13.8. The van der Waals surface area contributed by atoms with E-state index < -0.39 is 44.5 Å². The minimum absolute atomic E-state index is 0. The summed E-state index contributed by atoms with van der Waals surface area (Å²) in [7, 11) is -4.69. The molecule has 204 valence electrons. The Labute approximate surface area is 248 Å². The van der Waals surface area contributed by atoms with Gasteiger partial charge in [-0.1, -0.05) is 42.5 Å². The van der Waals surface area contributed by atoms with Crippen LogP contribution in [0, 0.1) is 18.6 Å². The predicted octanol–water partition coefficient (Wildman–Crippen LogP) is 3.16. The minimum Gasteiger partial charge on any atom is -0.448 e. The van der Waals surface area contributed by atoms with Crippen molar-refractivity contribution in [1.82, 2.24) is 15.1 Å². The number of rotatable bonds is 7. The molecule has 0 aliphatic carbocycles. The van der Waals surface area contributed by atoms with Crippen molar-refractivity contribution in [3.63, 3.8) is 0 Å². The van der Waals surface area contributed by atoms with Crippen LogP contribution >= 0.6 is 0 Å². The van der Waals surface area contributed by atoms with Gasteiger partial charge in [0.15, 0.2) is 11.7 Å². The number of hydrogen-bond donors (Lipinski definition) is 1. The number of carbonyl (C=O) groups excluding carboxylic acids is 1. The molecule has 0 fully saturated rings. The van der Waals surface area contributed by atoms with E-state index in [0.29, 0.717) is 34.6 Å². The first kappa shape index (κ1) is 31.3. The molecule has 0 aliphatic heterocycles. The molecule has 0 spiro atoms. The Balaban J connectivity index is 0.00000441. The number of aromatic nitrogens is 2. The molecule has 4 rings (SSSR count). The number of carbonyl (C=O) groups is 1. The van der Waals surface area contributed by atoms with Crippen molar-refractivity contribution in [2.24, 2.45) is 0 Å². The maximum atomic E-state index is 13.8. The van der Waals surface area contributed by atoms with Crippen molar-refractivity contribution in [2.75, 3.05) is 6.54 Å². The SMILES string of the molecule is Cc1c(-c2ccccc2)c(C(F)(F)F)nn1-c1ccc(CCNC(=O)[N-]S(=O)(=O)c2ccc(F)cc2F)cc1.[Na+]. The monoisotopic (exact) mass is 586 g/mol. The molecule has 1 heterocycles. The van der Waals surface area contributed by atoms with E-state index in [-0.39, 0.29) is 48.1 Å². The number of hydrogen-bond acceptors (Lipinski definition) is 4. The number of nitrogens with one attached hydrogen (secondary N) is 1. The first-order chi connectivity index (χ1) is 18.4. The van der Waals surface area contributed by atoms with Crippen LogP contribution in [0.15, 0.2) is 77.7 Å². The number of alkyl halides is 3. The van der Waals surface area contributed by atoms with E-state index in [9.17, 15) is 35.2 Å². The van der Waals surface area contributed by atoms with Crippen molar-refractivity contribution < 1.29 is 64.7 Å². The summed E-state index contributed by atoms with van der Waals surface area (Å²) < 4.78 is 96.4. The average Bonchev–Trinajstić information content (AvgIpc) is 3.22. The van der Waals surface area contributed by atoms with Crippen LogP contribution in [0.3, 0.4) is 0 Å². The van der Waals surface area contributed by atoms with Crippen LogP contribution in [0.25, 0.3) is 21.5 Å². The van der Waals surface area contributed by atoms with Gasteiger partial charge in [0, 0.05) is 17.3 Å². The number of benzene rings is 3. The molecule has 1 aromatic heterocycles. The molecule has 2 amide bonds. The molecule has 4 aromatic rings. The second-order valence-corrected chi connectivity index (χ2v) is 9.95. The molecule has 14 heteroatoms. The molecule has 0 atom stereocenters. The van der Waals surface area contributed by atoms with Crippen LogP contribution in [0.5, 0.6) is 0 Å². The topological polar surface area (TPSA) is 95.2 Å². The quantitative estimate of drug-likeness (QED) is 0.266. The molecular formula is C26H20F5N4NaO3S. The van der Waals surface area contributed by atoms with Gasteiger partial charge in [-0.25, -0.2) is 21.9 Å². The van der Waals surface area contributed by atoms with Crippen LogP contribution in [-0.4, -0.2) is 30.8 Å². The first-order valence-corrected chi connectivity index (χ1v) is 12.8. The van der Waals surface area contributed by atoms with Crippen LogP contribution < -0.4 is 34.9 Å². The van der Waals surface area contributed by atoms with E-state index in [0.717, 1.165) is 6.07 Å². The van der Waals surface area contributed by atoms with Crippen LogP contribution in [-0.2, 0) is 22.6 Å². The van der Waals surface area contributed by atoms with Gasteiger partial charge in [0.1, 0.15) is 16.5 Å². The van der Waals surface area contributed by atoms with E-state index in [4.69, 9.17) is 0 Å². The Morgan fingerprint density at radius 1 is 1.00 bits per heavy atom. The van der Waals surface area contributed by atoms with Gasteiger partial charge in [-0.05, 0) is 55.3 Å². The Morgan fingerprint density at radius 2 is 1.65 bits per heavy atom. The summed E-state index contributed by atoms with van der Waals surface area (Å²) in [5.74, 6) is -2.36. The zero-order chi connectivity index (χ0) is 28.4. The second kappa shape index (κ2) is 12.5. The molecule has 1 N–H and O–H groups in total. The number of halogens is 5. The van der Waals surface area contributed by atoms with Gasteiger partial charge in [0.05, 0.1) is 5.69 Å². The second-order valence-electron chi connectivity index (χ2n) is 8.37. The molecule has 3 aromatic carbocycles. The zero-order valence-corrected chi connectivity index (χ0v) is 24.0. The summed E-state index contributed by atoms with van der Waals surface area (Å²) in [6.07, 6.45) is -4.44. The predicted molar refractivity (Wildman–Crippen MR) is 133 cm³/mol. The zero-order valence-electron chi connectivity index (χ0n) is 21.2. The van der Waals surface area contributed by atoms with E-state index in [2.05, 4.69) is 15.1 Å². The molecule has 7 nitrogen and oxygen atoms in total. The molecular weight excluding hydrogens is 566 g/mol. The Hall–Kier alpha value is -3.26. The fourth-order valence-electron chi connectivity index (χ4n) is 3.90. The Bertz CT molecular complexity index is 1610. The molecule has 0 radical (unpaired) electrons. The summed E-state index contributed by atoms with van der Waals surface area (Å²) in [5, 5.41) is 6.10. The van der Waals surface area contributed by atoms with E-state index in [1.807, 2.05) is 0 Å². The third-order valence-electron chi connectivity index (χ3n) is 5.69. The smallest absolute Gasteiger partial charge is 0.448 e. The van der Waals surface area contributed by atoms with E-state index >= 15 is 0 Å². The van der Waals surface area contributed by atoms with Gasteiger partial charge < -0.3 is 10.0 Å². The van der Waals surface area contributed by atoms with Gasteiger partial charge in [0.2, 0.25) is 10.0 Å². The third-order valence-corrected chi connectivity index (χ3v) is 6.99. The average molecular weight is 587 g/mol. The van der Waals surface area contributed by atoms with Gasteiger partial charge in [-0.3, -0.25) is 4.79 Å². The van der Waals surface area contributed by atoms with Gasteiger partial charge in [-0.2, -0.15) is 18.3 Å². The van der Waals surface area contributed by atoms with Crippen molar-refractivity contribution in [3.8, 4) is 16.8 Å². The summed E-state index contributed by atoms with van der Waals surface area (Å²) in [5.41, 5.74) is 0.724. The van der Waals surface area contributed by atoms with Crippen LogP contribution in [0.2, 0.25) is 0 Å². The molecule has 0 unspecified atom stereocenters. The number of urea groups is 1. The summed E-state index contributed by atoms with van der Waals surface area (Å²) >= 11 is 0. The number of nitrogens with zero attached hydrogens (tertiary/aromatic N) is 3. The van der Waals surface area contributed by atoms with Crippen molar-refractivity contribution in [1.29, 1.82) is 0 Å². The fourth-order valence-corrected chi connectivity index (χ4v) is 4.82. The molecule has 0 saturated carbocycles. The molecule has 0 bridgehead atoms. The third kappa shape index (κ3) is 7.08. The van der Waals surface area contributed by atoms with Gasteiger partial charge in [-0.15, -0.1) is 0 Å². The van der Waals surface area contributed by atoms with Gasteiger partial charge in [0.25, 0.3) is 0 Å². The first-order valence-electron chi connectivity index (χ1n) is 11.4. The van der Waals surface area contributed by atoms with Crippen molar-refractivity contribution in [3.05, 3.63) is 106 Å². The minimum atomic E-state index is -4.69. The van der Waals surface area contributed by atoms with Crippen LogP contribution in [0.1, 0.15) is 17.0 Å². The van der Waals surface area contributed by atoms with Crippen LogP contribution in [0.4, 0.5) is 26.7 Å². The van der Waals surface area contributed by atoms with Crippen molar-refractivity contribution in [2.45, 2.75) is 24.4 Å². The summed E-state index contributed by atoms with van der Waals surface area (Å²) in [4.78, 5) is 11.0. The Morgan fingerprint density at radius 3 is 2.25 bits per heavy atom. The normalized spacial score (nSPS) is 11.6. The summed E-state index contributed by atoms with van der Waals surface area (Å²) in [6.45, 7) is 1.50. The van der Waals surface area contributed by atoms with Crippen molar-refractivity contribution >= 4 is 16.1 Å². The van der Waals surface area contributed by atoms with Gasteiger partial charge >= 0.3 is 35.7 Å². The number of sulfonamides is 1. The molecule has 0 aliphatic rings. The Kier molecular flexibility index (Phi) is 9.77. The number of amides is 2. The standard InChI is InChI=1S/C26H21F5N4O3S.Na/c1-16-23(18-5-3-2-4-6-18)24(26(29,30)31)33-35(16)20-10-7-17(8-11-20)13-14-32-25(36)34-39(37,38)22-12-9-19(27)15-21(22)28;/h2-12,15H,13-14H2,1H3,(H2,32,34,36);/q;+1/p-1. The van der Waals surface area contributed by atoms with E-state index in [1.54, 1.807) is 61.5 Å². The summed E-state index contributed by atoms with van der Waals surface area (Å²) in [6, 6.07) is 15.0. The van der Waals surface area contributed by atoms with E-state index in [1.165, 1.54) is 4.68 Å². The fraction of sp³-hybridized carbons (Fsp3) is 0.154. The molecule has 0 saturated heterocycles. The maximum Gasteiger partial charge on any atom is 1.00 e. The largest absolute Gasteiger partial charge is 1.00 e. The molecule has 40 heavy (non-hydrogen) atoms.